The van der Waals surface area contributed by atoms with Crippen molar-refractivity contribution in [3.05, 3.63) is 35.4 Å². The van der Waals surface area contributed by atoms with Gasteiger partial charge in [-0.1, -0.05) is 32.0 Å². The van der Waals surface area contributed by atoms with Crippen LogP contribution in [0.15, 0.2) is 24.3 Å². The number of benzene rings is 1. The molecular weight excluding hydrogens is 323 g/mol. The summed E-state index contributed by atoms with van der Waals surface area (Å²) in [5, 5.41) is 11.6. The van der Waals surface area contributed by atoms with Gasteiger partial charge in [-0.05, 0) is 36.3 Å². The van der Waals surface area contributed by atoms with Gasteiger partial charge < -0.3 is 10.4 Å². The molecule has 0 bridgehead atoms. The first-order valence-electron chi connectivity index (χ1n) is 7.80. The highest BCUT2D eigenvalue weighted by Gasteiger charge is 2.45. The van der Waals surface area contributed by atoms with Crippen LogP contribution < -0.4 is 5.32 Å². The fourth-order valence-electron chi connectivity index (χ4n) is 2.77. The Labute approximate surface area is 138 Å². The molecule has 0 radical (unpaired) electrons. The number of carboxylic acids is 1. The van der Waals surface area contributed by atoms with Gasteiger partial charge in [-0.3, -0.25) is 4.79 Å². The first-order valence-corrected chi connectivity index (χ1v) is 7.80. The van der Waals surface area contributed by atoms with Crippen molar-refractivity contribution in [3.63, 3.8) is 0 Å². The molecule has 1 aromatic carbocycles. The van der Waals surface area contributed by atoms with Gasteiger partial charge in [0.2, 0.25) is 5.91 Å². The number of carbonyl (C=O) groups excluding carboxylic acids is 1. The summed E-state index contributed by atoms with van der Waals surface area (Å²) >= 11 is 0. The van der Waals surface area contributed by atoms with Crippen molar-refractivity contribution in [1.29, 1.82) is 0 Å². The van der Waals surface area contributed by atoms with Gasteiger partial charge in [0.1, 0.15) is 6.04 Å². The summed E-state index contributed by atoms with van der Waals surface area (Å²) in [6, 6.07) is 3.96. The van der Waals surface area contributed by atoms with Gasteiger partial charge in [-0.2, -0.15) is 13.2 Å². The van der Waals surface area contributed by atoms with Crippen LogP contribution in [0.3, 0.4) is 0 Å². The van der Waals surface area contributed by atoms with Gasteiger partial charge in [-0.25, -0.2) is 4.79 Å². The van der Waals surface area contributed by atoms with Crippen LogP contribution in [0, 0.1) is 11.8 Å². The number of rotatable bonds is 6. The second kappa shape index (κ2) is 6.83. The normalized spacial score (nSPS) is 21.4. The van der Waals surface area contributed by atoms with E-state index in [-0.39, 0.29) is 11.8 Å². The minimum absolute atomic E-state index is 0.102. The molecule has 1 saturated carbocycles. The van der Waals surface area contributed by atoms with E-state index in [4.69, 9.17) is 5.11 Å². The van der Waals surface area contributed by atoms with Crippen LogP contribution in [0.25, 0.3) is 0 Å². The van der Waals surface area contributed by atoms with Crippen molar-refractivity contribution >= 4 is 11.9 Å². The van der Waals surface area contributed by atoms with E-state index in [0.717, 1.165) is 12.1 Å². The van der Waals surface area contributed by atoms with Crippen LogP contribution in [-0.2, 0) is 15.8 Å². The van der Waals surface area contributed by atoms with Crippen LogP contribution in [-0.4, -0.2) is 23.0 Å². The zero-order valence-electron chi connectivity index (χ0n) is 13.4. The van der Waals surface area contributed by atoms with E-state index in [1.807, 2.05) is 13.8 Å². The number of alkyl halides is 3. The minimum Gasteiger partial charge on any atom is -0.480 e. The Hall–Kier alpha value is -2.05. The first-order chi connectivity index (χ1) is 11.1. The number of hydrogen-bond acceptors (Lipinski definition) is 2. The van der Waals surface area contributed by atoms with Crippen LogP contribution >= 0.6 is 0 Å². The highest BCUT2D eigenvalue weighted by Crippen LogP contribution is 2.48. The Kier molecular flexibility index (Phi) is 5.20. The predicted molar refractivity (Wildman–Crippen MR) is 81.3 cm³/mol. The second-order valence-corrected chi connectivity index (χ2v) is 6.60. The fourth-order valence-corrected chi connectivity index (χ4v) is 2.77. The summed E-state index contributed by atoms with van der Waals surface area (Å²) in [6.45, 7) is 3.70. The maximum absolute atomic E-state index is 12.7. The molecule has 1 aliphatic carbocycles. The van der Waals surface area contributed by atoms with E-state index in [0.29, 0.717) is 18.4 Å². The Morgan fingerprint density at radius 2 is 2.00 bits per heavy atom. The van der Waals surface area contributed by atoms with E-state index in [9.17, 15) is 22.8 Å². The molecule has 0 aliphatic heterocycles. The molecule has 2 unspecified atom stereocenters. The monoisotopic (exact) mass is 343 g/mol. The van der Waals surface area contributed by atoms with E-state index in [2.05, 4.69) is 5.32 Å². The lowest BCUT2D eigenvalue weighted by atomic mass is 10.0. The molecule has 1 fully saturated rings. The molecule has 0 spiro atoms. The van der Waals surface area contributed by atoms with Gasteiger partial charge in [0, 0.05) is 5.92 Å². The Bertz CT molecular complexity index is 628. The van der Waals surface area contributed by atoms with Crippen molar-refractivity contribution in [2.45, 2.75) is 44.8 Å². The van der Waals surface area contributed by atoms with Gasteiger partial charge in [0.25, 0.3) is 0 Å². The average Bonchev–Trinajstić information content (AvgIpc) is 3.25. The number of carboxylic acid groups (broad SMARTS) is 1. The minimum atomic E-state index is -4.42. The highest BCUT2D eigenvalue weighted by atomic mass is 19.4. The van der Waals surface area contributed by atoms with Crippen molar-refractivity contribution < 1.29 is 27.9 Å². The van der Waals surface area contributed by atoms with E-state index < -0.39 is 35.6 Å². The summed E-state index contributed by atoms with van der Waals surface area (Å²) in [4.78, 5) is 23.4. The molecular formula is C17H20F3NO3. The van der Waals surface area contributed by atoms with E-state index in [1.165, 1.54) is 6.07 Å². The molecule has 0 saturated heterocycles. The third-order valence-electron chi connectivity index (χ3n) is 4.09. The van der Waals surface area contributed by atoms with Crippen LogP contribution in [0.1, 0.15) is 43.7 Å². The lowest BCUT2D eigenvalue weighted by Crippen LogP contribution is -2.42. The standard InChI is InChI=1S/C17H20F3NO3/c1-9(2)6-14(16(23)24)21-15(22)13-8-12(13)10-4-3-5-11(7-10)17(18,19)20/h3-5,7,9,12-14H,6,8H2,1-2H3,(H,21,22)(H,23,24)/t12?,13?,14-/m1/s1. The molecule has 132 valence electrons. The summed E-state index contributed by atoms with van der Waals surface area (Å²) in [5.74, 6) is -2.17. The Balaban J connectivity index is 2.02. The van der Waals surface area contributed by atoms with Crippen LogP contribution in [0.4, 0.5) is 13.2 Å². The largest absolute Gasteiger partial charge is 0.480 e. The third kappa shape index (κ3) is 4.49. The fraction of sp³-hybridized carbons (Fsp3) is 0.529. The Morgan fingerprint density at radius 3 is 2.54 bits per heavy atom. The molecule has 0 aromatic heterocycles. The average molecular weight is 343 g/mol. The van der Waals surface area contributed by atoms with Gasteiger partial charge in [0.05, 0.1) is 5.56 Å². The van der Waals surface area contributed by atoms with Crippen LogP contribution in [0.5, 0.6) is 0 Å². The van der Waals surface area contributed by atoms with Crippen molar-refractivity contribution in [2.24, 2.45) is 11.8 Å². The molecule has 1 aromatic rings. The lowest BCUT2D eigenvalue weighted by molar-refractivity contribution is -0.142. The molecule has 24 heavy (non-hydrogen) atoms. The van der Waals surface area contributed by atoms with Crippen molar-refractivity contribution in [2.75, 3.05) is 0 Å². The van der Waals surface area contributed by atoms with Gasteiger partial charge in [-0.15, -0.1) is 0 Å². The number of nitrogens with one attached hydrogen (secondary N) is 1. The maximum atomic E-state index is 12.7. The number of halogens is 3. The predicted octanol–water partition coefficient (Wildman–Crippen LogP) is 3.42. The van der Waals surface area contributed by atoms with Crippen LogP contribution in [0.2, 0.25) is 0 Å². The molecule has 2 rings (SSSR count). The molecule has 3 atom stereocenters. The first kappa shape index (κ1) is 18.3. The number of carbonyl (C=O) groups is 2. The van der Waals surface area contributed by atoms with Gasteiger partial charge >= 0.3 is 12.1 Å². The quantitative estimate of drug-likeness (QED) is 0.832. The summed E-state index contributed by atoms with van der Waals surface area (Å²) in [6.07, 6.45) is -3.68. The lowest BCUT2D eigenvalue weighted by Gasteiger charge is -2.16. The highest BCUT2D eigenvalue weighted by molar-refractivity contribution is 5.87. The molecule has 1 amide bonds. The molecule has 4 nitrogen and oxygen atoms in total. The molecule has 0 heterocycles. The summed E-state index contributed by atoms with van der Waals surface area (Å²) in [7, 11) is 0. The maximum Gasteiger partial charge on any atom is 0.416 e. The van der Waals surface area contributed by atoms with E-state index in [1.54, 1.807) is 6.07 Å². The number of amides is 1. The zero-order valence-corrected chi connectivity index (χ0v) is 13.4. The second-order valence-electron chi connectivity index (χ2n) is 6.60. The Morgan fingerprint density at radius 1 is 1.33 bits per heavy atom. The van der Waals surface area contributed by atoms with Crippen molar-refractivity contribution in [3.8, 4) is 0 Å². The molecule has 2 N–H and O–H groups in total. The summed E-state index contributed by atoms with van der Waals surface area (Å²) in [5.41, 5.74) is -0.282. The third-order valence-corrected chi connectivity index (χ3v) is 4.09. The van der Waals surface area contributed by atoms with E-state index >= 15 is 0 Å². The van der Waals surface area contributed by atoms with Gasteiger partial charge in [0.15, 0.2) is 0 Å². The topological polar surface area (TPSA) is 66.4 Å². The number of aliphatic carboxylic acids is 1. The van der Waals surface area contributed by atoms with Crippen molar-refractivity contribution in [1.82, 2.24) is 5.32 Å². The SMILES string of the molecule is CC(C)C[C@@H](NC(=O)C1CC1c1cccc(C(F)(F)F)c1)C(=O)O. The zero-order chi connectivity index (χ0) is 18.1. The molecule has 1 aliphatic rings. The summed E-state index contributed by atoms with van der Waals surface area (Å²) < 4.78 is 38.2. The number of hydrogen-bond donors (Lipinski definition) is 2. The smallest absolute Gasteiger partial charge is 0.416 e. The molecule has 7 heteroatoms.